The first-order chi connectivity index (χ1) is 22.2. The second kappa shape index (κ2) is 14.0. The zero-order chi connectivity index (χ0) is 32.9. The van der Waals surface area contributed by atoms with Crippen molar-refractivity contribution in [3.63, 3.8) is 0 Å². The number of benzene rings is 2. The summed E-state index contributed by atoms with van der Waals surface area (Å²) < 4.78 is 33.2. The summed E-state index contributed by atoms with van der Waals surface area (Å²) in [5, 5.41) is 0. The van der Waals surface area contributed by atoms with Gasteiger partial charge in [-0.05, 0) is 59.8 Å². The molecule has 0 N–H and O–H groups in total. The van der Waals surface area contributed by atoms with Gasteiger partial charge < -0.3 is 28.4 Å². The highest BCUT2D eigenvalue weighted by Gasteiger charge is 2.64. The molecule has 0 aliphatic heterocycles. The number of carbonyl (C=O) groups is 4. The van der Waals surface area contributed by atoms with Gasteiger partial charge in [0.2, 0.25) is 0 Å². The van der Waals surface area contributed by atoms with Crippen LogP contribution in [0.15, 0.2) is 83.0 Å². The Morgan fingerprint density at radius 3 is 1.17 bits per heavy atom. The zero-order valence-electron chi connectivity index (χ0n) is 26.7. The molecule has 3 aliphatic rings. The van der Waals surface area contributed by atoms with E-state index in [1.54, 1.807) is 0 Å². The Morgan fingerprint density at radius 1 is 0.543 bits per heavy atom. The molecule has 2 aromatic carbocycles. The predicted molar refractivity (Wildman–Crippen MR) is 165 cm³/mol. The Hall–Kier alpha value is -4.28. The van der Waals surface area contributed by atoms with E-state index >= 15 is 0 Å². The molecule has 2 aromatic rings. The molecule has 10 nitrogen and oxygen atoms in total. The average Bonchev–Trinajstić information content (AvgIpc) is 3.70. The molecule has 244 valence electrons. The Bertz CT molecular complexity index is 1380. The van der Waals surface area contributed by atoms with Crippen LogP contribution in [0.2, 0.25) is 0 Å². The maximum Gasteiger partial charge on any atom is 0.323 e. The smallest absolute Gasteiger partial charge is 0.323 e. The van der Waals surface area contributed by atoms with E-state index in [1.165, 1.54) is 28.4 Å². The Labute approximate surface area is 268 Å². The fourth-order valence-corrected chi connectivity index (χ4v) is 7.49. The second-order valence-corrected chi connectivity index (χ2v) is 12.1. The van der Waals surface area contributed by atoms with Crippen molar-refractivity contribution in [2.24, 2.45) is 22.7 Å². The molecule has 5 rings (SSSR count). The molecule has 10 heteroatoms. The molecule has 2 fully saturated rings. The normalized spacial score (nSPS) is 20.9. The molecule has 0 bridgehead atoms. The van der Waals surface area contributed by atoms with Crippen LogP contribution in [-0.4, -0.2) is 65.5 Å². The van der Waals surface area contributed by atoms with Gasteiger partial charge in [-0.1, -0.05) is 71.8 Å². The predicted octanol–water partition coefficient (Wildman–Crippen LogP) is 4.51. The maximum absolute atomic E-state index is 13.4. The third-order valence-electron chi connectivity index (χ3n) is 9.66. The largest absolute Gasteiger partial charge is 0.468 e. The van der Waals surface area contributed by atoms with E-state index in [2.05, 4.69) is 0 Å². The van der Waals surface area contributed by atoms with Crippen molar-refractivity contribution in [2.45, 2.75) is 38.9 Å². The molecule has 46 heavy (non-hydrogen) atoms. The molecule has 3 aliphatic carbocycles. The van der Waals surface area contributed by atoms with Crippen LogP contribution in [0.3, 0.4) is 0 Å². The molecule has 2 atom stereocenters. The Morgan fingerprint density at radius 2 is 0.870 bits per heavy atom. The van der Waals surface area contributed by atoms with Crippen molar-refractivity contribution in [3.05, 3.63) is 94.1 Å². The number of hydrogen-bond acceptors (Lipinski definition) is 10. The van der Waals surface area contributed by atoms with E-state index in [9.17, 15) is 19.2 Å². The lowest BCUT2D eigenvalue weighted by Gasteiger charge is -2.33. The average molecular weight is 633 g/mol. The quantitative estimate of drug-likeness (QED) is 0.188. The number of ether oxygens (including phenoxy) is 6. The van der Waals surface area contributed by atoms with Gasteiger partial charge >= 0.3 is 23.9 Å². The highest BCUT2D eigenvalue weighted by molar-refractivity contribution is 6.02. The molecular formula is C36H40O10. The van der Waals surface area contributed by atoms with Crippen molar-refractivity contribution >= 4 is 23.9 Å². The van der Waals surface area contributed by atoms with Gasteiger partial charge in [-0.3, -0.25) is 19.2 Å². The first-order valence-corrected chi connectivity index (χ1v) is 15.3. The van der Waals surface area contributed by atoms with Crippen LogP contribution in [0.25, 0.3) is 0 Å². The topological polar surface area (TPSA) is 124 Å². The van der Waals surface area contributed by atoms with Crippen molar-refractivity contribution in [1.82, 2.24) is 0 Å². The second-order valence-electron chi connectivity index (χ2n) is 12.1. The zero-order valence-corrected chi connectivity index (χ0v) is 26.7. The van der Waals surface area contributed by atoms with Gasteiger partial charge in [0.1, 0.15) is 0 Å². The fraction of sp³-hybridized carbons (Fsp3) is 0.444. The number of allylic oxidation sites excluding steroid dienone is 2. The minimum atomic E-state index is -1.60. The fourth-order valence-electron chi connectivity index (χ4n) is 7.49. The Kier molecular flexibility index (Phi) is 10.1. The summed E-state index contributed by atoms with van der Waals surface area (Å²) in [7, 11) is 4.98. The summed E-state index contributed by atoms with van der Waals surface area (Å²) in [5.41, 5.74) is 2.02. The van der Waals surface area contributed by atoms with E-state index in [4.69, 9.17) is 28.4 Å². The summed E-state index contributed by atoms with van der Waals surface area (Å²) in [4.78, 5) is 53.4. The van der Waals surface area contributed by atoms with Crippen LogP contribution < -0.4 is 0 Å². The highest BCUT2D eigenvalue weighted by Crippen LogP contribution is 2.62. The first kappa shape index (κ1) is 33.1. The third-order valence-corrected chi connectivity index (χ3v) is 9.66. The lowest BCUT2D eigenvalue weighted by Crippen LogP contribution is -2.40. The molecule has 0 heterocycles. The summed E-state index contributed by atoms with van der Waals surface area (Å²) in [6, 6.07) is 19.5. The molecule has 0 unspecified atom stereocenters. The van der Waals surface area contributed by atoms with Gasteiger partial charge in [-0.25, -0.2) is 0 Å². The molecule has 0 aromatic heterocycles. The third kappa shape index (κ3) is 5.99. The van der Waals surface area contributed by atoms with Crippen molar-refractivity contribution in [2.75, 3.05) is 41.7 Å². The SMILES string of the molecule is COC(=O)C1(C(=O)OC)CC2=C(COCc3ccccc3)C(COCc3ccccc3)=C3CC(C(=O)OC)(C(=O)OC)C[C@H]3[C@@H]2C1. The van der Waals surface area contributed by atoms with Crippen LogP contribution >= 0.6 is 0 Å². The van der Waals surface area contributed by atoms with E-state index in [0.717, 1.165) is 33.4 Å². The number of fused-ring (bicyclic) bond motifs is 3. The van der Waals surface area contributed by atoms with Crippen molar-refractivity contribution in [3.8, 4) is 0 Å². The van der Waals surface area contributed by atoms with Crippen LogP contribution in [-0.2, 0) is 60.8 Å². The van der Waals surface area contributed by atoms with Gasteiger partial charge in [0.15, 0.2) is 10.8 Å². The summed E-state index contributed by atoms with van der Waals surface area (Å²) in [5.74, 6) is -3.53. The van der Waals surface area contributed by atoms with Crippen molar-refractivity contribution in [1.29, 1.82) is 0 Å². The molecule has 0 saturated heterocycles. The number of esters is 4. The van der Waals surface area contributed by atoms with Gasteiger partial charge in [0.05, 0.1) is 54.9 Å². The van der Waals surface area contributed by atoms with E-state index in [1.807, 2.05) is 60.7 Å². The van der Waals surface area contributed by atoms with E-state index < -0.39 is 34.7 Å². The minimum absolute atomic E-state index is 0.0520. The summed E-state index contributed by atoms with van der Waals surface area (Å²) in [6.07, 6.45) is 0.288. The van der Waals surface area contributed by atoms with Gasteiger partial charge in [-0.2, -0.15) is 0 Å². The molecule has 0 radical (unpaired) electrons. The van der Waals surface area contributed by atoms with E-state index in [-0.39, 0.29) is 50.7 Å². The van der Waals surface area contributed by atoms with E-state index in [0.29, 0.717) is 13.2 Å². The highest BCUT2D eigenvalue weighted by atomic mass is 16.6. The number of methoxy groups -OCH3 is 4. The van der Waals surface area contributed by atoms with Crippen LogP contribution in [0.1, 0.15) is 36.8 Å². The number of rotatable bonds is 12. The van der Waals surface area contributed by atoms with Gasteiger partial charge in [0.25, 0.3) is 0 Å². The standard InChI is InChI=1S/C36H40O10/c1-41-31(37)35(32(38)42-2)15-25-26-16-36(33(39)43-3,34(40)44-4)18-28(26)30(22-46-20-24-13-9-6-10-14-24)29(27(25)17-35)21-45-19-23-11-7-5-8-12-23/h5-14,25-26H,15-22H2,1-4H3/t25-,26-/m0/s1. The number of carbonyl (C=O) groups excluding carboxylic acids is 4. The monoisotopic (exact) mass is 632 g/mol. The molecule has 2 saturated carbocycles. The molecular weight excluding hydrogens is 592 g/mol. The lowest BCUT2D eigenvalue weighted by molar-refractivity contribution is -0.171. The van der Waals surface area contributed by atoms with Crippen molar-refractivity contribution < 1.29 is 47.6 Å². The van der Waals surface area contributed by atoms with Crippen LogP contribution in [0, 0.1) is 22.7 Å². The van der Waals surface area contributed by atoms with Crippen LogP contribution in [0.4, 0.5) is 0 Å². The summed E-state index contributed by atoms with van der Waals surface area (Å²) in [6.45, 7) is 0.963. The number of hydrogen-bond donors (Lipinski definition) is 0. The van der Waals surface area contributed by atoms with Gasteiger partial charge in [-0.15, -0.1) is 0 Å². The first-order valence-electron chi connectivity index (χ1n) is 15.3. The maximum atomic E-state index is 13.4. The van der Waals surface area contributed by atoms with Crippen LogP contribution in [0.5, 0.6) is 0 Å². The molecule has 0 amide bonds. The molecule has 0 spiro atoms. The minimum Gasteiger partial charge on any atom is -0.468 e. The van der Waals surface area contributed by atoms with Gasteiger partial charge in [0, 0.05) is 0 Å². The lowest BCUT2D eigenvalue weighted by atomic mass is 9.73. The summed E-state index contributed by atoms with van der Waals surface area (Å²) >= 11 is 0. The Balaban J connectivity index is 1.62.